The molecule has 1 aromatic heterocycles. The standard InChI is InChI=1S/C15H15N3O5S/c1-2-23-14(21)12(19)17-6-7-18-13(20)11(24-15(18)22)8-10-4-3-5-16-9-10/h3-5,8-9H,2,6-7H2,1H3,(H,17,19)/b11-8+. The fourth-order valence-electron chi connectivity index (χ4n) is 1.86. The Morgan fingerprint density at radius 3 is 2.88 bits per heavy atom. The van der Waals surface area contributed by atoms with Crippen LogP contribution in [0.1, 0.15) is 12.5 Å². The molecule has 0 aromatic carbocycles. The Morgan fingerprint density at radius 1 is 1.42 bits per heavy atom. The molecule has 1 saturated heterocycles. The smallest absolute Gasteiger partial charge is 0.396 e. The average molecular weight is 349 g/mol. The summed E-state index contributed by atoms with van der Waals surface area (Å²) in [5, 5.41) is 1.87. The van der Waals surface area contributed by atoms with Crippen molar-refractivity contribution < 1.29 is 23.9 Å². The average Bonchev–Trinajstić information content (AvgIpc) is 2.83. The molecular weight excluding hydrogens is 334 g/mol. The fraction of sp³-hybridized carbons (Fsp3) is 0.267. The minimum Gasteiger partial charge on any atom is -0.459 e. The Labute approximate surface area is 142 Å². The van der Waals surface area contributed by atoms with Crippen molar-refractivity contribution in [3.8, 4) is 0 Å². The Hall–Kier alpha value is -2.68. The van der Waals surface area contributed by atoms with Gasteiger partial charge in [-0.25, -0.2) is 4.79 Å². The van der Waals surface area contributed by atoms with Gasteiger partial charge in [0.2, 0.25) is 0 Å². The van der Waals surface area contributed by atoms with Gasteiger partial charge in [-0.3, -0.25) is 24.3 Å². The fourth-order valence-corrected chi connectivity index (χ4v) is 2.72. The van der Waals surface area contributed by atoms with Gasteiger partial charge in [0.15, 0.2) is 0 Å². The Morgan fingerprint density at radius 2 is 2.21 bits per heavy atom. The van der Waals surface area contributed by atoms with Crippen LogP contribution < -0.4 is 5.32 Å². The maximum absolute atomic E-state index is 12.2. The maximum Gasteiger partial charge on any atom is 0.396 e. The highest BCUT2D eigenvalue weighted by molar-refractivity contribution is 8.18. The molecule has 9 heteroatoms. The van der Waals surface area contributed by atoms with Gasteiger partial charge in [0, 0.05) is 25.5 Å². The first-order valence-corrected chi connectivity index (χ1v) is 7.95. The van der Waals surface area contributed by atoms with E-state index in [1.165, 1.54) is 0 Å². The van der Waals surface area contributed by atoms with E-state index < -0.39 is 23.0 Å². The summed E-state index contributed by atoms with van der Waals surface area (Å²) in [6, 6.07) is 3.49. The van der Waals surface area contributed by atoms with Crippen molar-refractivity contribution in [3.63, 3.8) is 0 Å². The van der Waals surface area contributed by atoms with Gasteiger partial charge in [0.1, 0.15) is 0 Å². The monoisotopic (exact) mass is 349 g/mol. The first-order chi connectivity index (χ1) is 11.5. The molecule has 0 aliphatic carbocycles. The molecule has 1 aromatic rings. The molecule has 24 heavy (non-hydrogen) atoms. The zero-order valence-corrected chi connectivity index (χ0v) is 13.7. The van der Waals surface area contributed by atoms with E-state index in [0.29, 0.717) is 5.56 Å². The molecule has 0 radical (unpaired) electrons. The van der Waals surface area contributed by atoms with Gasteiger partial charge in [0.05, 0.1) is 11.5 Å². The first kappa shape index (κ1) is 17.7. The summed E-state index contributed by atoms with van der Waals surface area (Å²) >= 11 is 0.816. The van der Waals surface area contributed by atoms with Crippen LogP contribution in [-0.2, 0) is 19.1 Å². The third kappa shape index (κ3) is 4.42. The van der Waals surface area contributed by atoms with Crippen molar-refractivity contribution in [1.82, 2.24) is 15.2 Å². The molecule has 126 valence electrons. The van der Waals surface area contributed by atoms with Gasteiger partial charge in [-0.2, -0.15) is 0 Å². The topological polar surface area (TPSA) is 106 Å². The van der Waals surface area contributed by atoms with Crippen LogP contribution in [0.3, 0.4) is 0 Å². The number of aromatic nitrogens is 1. The lowest BCUT2D eigenvalue weighted by atomic mass is 10.2. The molecule has 0 unspecified atom stereocenters. The number of ether oxygens (including phenoxy) is 1. The zero-order valence-electron chi connectivity index (χ0n) is 12.9. The second-order valence-corrected chi connectivity index (χ2v) is 5.59. The number of carbonyl (C=O) groups is 4. The Kier molecular flexibility index (Phi) is 6.07. The number of nitrogens with zero attached hydrogens (tertiary/aromatic N) is 2. The molecule has 2 heterocycles. The highest BCUT2D eigenvalue weighted by Gasteiger charge is 2.34. The molecule has 0 saturated carbocycles. The number of amides is 3. The van der Waals surface area contributed by atoms with Gasteiger partial charge >= 0.3 is 11.9 Å². The number of hydrogen-bond donors (Lipinski definition) is 1. The van der Waals surface area contributed by atoms with Crippen LogP contribution in [0.4, 0.5) is 4.79 Å². The number of hydrogen-bond acceptors (Lipinski definition) is 7. The normalized spacial score (nSPS) is 15.7. The molecule has 0 spiro atoms. The zero-order chi connectivity index (χ0) is 17.5. The van der Waals surface area contributed by atoms with E-state index in [1.54, 1.807) is 37.5 Å². The number of pyridine rings is 1. The minimum absolute atomic E-state index is 0.0276. The van der Waals surface area contributed by atoms with Gasteiger partial charge in [0.25, 0.3) is 11.1 Å². The van der Waals surface area contributed by atoms with Crippen LogP contribution in [0.15, 0.2) is 29.4 Å². The van der Waals surface area contributed by atoms with E-state index in [0.717, 1.165) is 16.7 Å². The van der Waals surface area contributed by atoms with E-state index in [2.05, 4.69) is 15.0 Å². The van der Waals surface area contributed by atoms with Crippen molar-refractivity contribution in [2.24, 2.45) is 0 Å². The van der Waals surface area contributed by atoms with Crippen molar-refractivity contribution in [2.75, 3.05) is 19.7 Å². The second-order valence-electron chi connectivity index (χ2n) is 4.60. The summed E-state index contributed by atoms with van der Waals surface area (Å²) in [4.78, 5) is 51.9. The quantitative estimate of drug-likeness (QED) is 0.476. The minimum atomic E-state index is -0.997. The van der Waals surface area contributed by atoms with E-state index in [4.69, 9.17) is 0 Å². The maximum atomic E-state index is 12.2. The second kappa shape index (κ2) is 8.25. The van der Waals surface area contributed by atoms with Crippen molar-refractivity contribution in [3.05, 3.63) is 35.0 Å². The molecule has 1 aliphatic rings. The van der Waals surface area contributed by atoms with Crippen LogP contribution in [0.2, 0.25) is 0 Å². The number of thioether (sulfide) groups is 1. The molecule has 1 fully saturated rings. The van der Waals surface area contributed by atoms with Gasteiger partial charge < -0.3 is 10.1 Å². The number of rotatable bonds is 5. The van der Waals surface area contributed by atoms with Crippen molar-refractivity contribution in [1.29, 1.82) is 0 Å². The Balaban J connectivity index is 1.92. The third-order valence-corrected chi connectivity index (χ3v) is 3.84. The molecular formula is C15H15N3O5S. The molecule has 1 aliphatic heterocycles. The van der Waals surface area contributed by atoms with E-state index >= 15 is 0 Å². The number of carbonyl (C=O) groups excluding carboxylic acids is 4. The third-order valence-electron chi connectivity index (χ3n) is 2.94. The summed E-state index contributed by atoms with van der Waals surface area (Å²) in [6.45, 7) is 1.62. The predicted octanol–water partition coefficient (Wildman–Crippen LogP) is 0.797. The van der Waals surface area contributed by atoms with Crippen LogP contribution >= 0.6 is 11.8 Å². The largest absolute Gasteiger partial charge is 0.459 e. The summed E-state index contributed by atoms with van der Waals surface area (Å²) in [7, 11) is 0. The predicted molar refractivity (Wildman–Crippen MR) is 86.6 cm³/mol. The molecule has 1 N–H and O–H groups in total. The molecule has 0 atom stereocenters. The first-order valence-electron chi connectivity index (χ1n) is 7.13. The number of esters is 1. The van der Waals surface area contributed by atoms with Gasteiger partial charge in [-0.05, 0) is 36.4 Å². The van der Waals surface area contributed by atoms with E-state index in [9.17, 15) is 19.2 Å². The van der Waals surface area contributed by atoms with Crippen molar-refractivity contribution in [2.45, 2.75) is 6.92 Å². The summed E-state index contributed by atoms with van der Waals surface area (Å²) in [6.07, 6.45) is 4.76. The molecule has 2 rings (SSSR count). The van der Waals surface area contributed by atoms with Gasteiger partial charge in [-0.1, -0.05) is 6.07 Å². The van der Waals surface area contributed by atoms with Crippen LogP contribution in [-0.4, -0.2) is 52.6 Å². The molecule has 8 nitrogen and oxygen atoms in total. The highest BCUT2D eigenvalue weighted by atomic mass is 32.2. The summed E-state index contributed by atoms with van der Waals surface area (Å²) in [5.74, 6) is -2.35. The van der Waals surface area contributed by atoms with Crippen LogP contribution in [0.5, 0.6) is 0 Å². The number of nitrogens with one attached hydrogen (secondary N) is 1. The van der Waals surface area contributed by atoms with E-state index in [1.807, 2.05) is 0 Å². The lowest BCUT2D eigenvalue weighted by Crippen LogP contribution is -2.40. The summed E-state index contributed by atoms with van der Waals surface area (Å²) in [5.41, 5.74) is 0.707. The number of imide groups is 1. The molecule has 3 amide bonds. The SMILES string of the molecule is CCOC(=O)C(=O)NCCN1C(=O)S/C(=C/c2cccnc2)C1=O. The molecule has 0 bridgehead atoms. The van der Waals surface area contributed by atoms with Crippen molar-refractivity contribution >= 4 is 40.9 Å². The lowest BCUT2D eigenvalue weighted by Gasteiger charge is -2.12. The van der Waals surface area contributed by atoms with Crippen LogP contribution in [0, 0.1) is 0 Å². The summed E-state index contributed by atoms with van der Waals surface area (Å²) < 4.78 is 4.53. The Bertz CT molecular complexity index is 690. The van der Waals surface area contributed by atoms with E-state index in [-0.39, 0.29) is 24.6 Å². The van der Waals surface area contributed by atoms with Crippen LogP contribution in [0.25, 0.3) is 6.08 Å². The highest BCUT2D eigenvalue weighted by Crippen LogP contribution is 2.31. The van der Waals surface area contributed by atoms with Gasteiger partial charge in [-0.15, -0.1) is 0 Å². The lowest BCUT2D eigenvalue weighted by molar-refractivity contribution is -0.154.